The zero-order valence-electron chi connectivity index (χ0n) is 4.70. The minimum absolute atomic E-state index is 0.0521. The van der Waals surface area contributed by atoms with E-state index in [0.717, 1.165) is 0 Å². The van der Waals surface area contributed by atoms with Crippen molar-refractivity contribution in [2.45, 2.75) is 0 Å². The van der Waals surface area contributed by atoms with Crippen LogP contribution in [0.3, 0.4) is 0 Å². The fourth-order valence-corrected chi connectivity index (χ4v) is 0.500. The summed E-state index contributed by atoms with van der Waals surface area (Å²) in [6.45, 7) is 0.103. The molecular weight excluding hydrogens is 216 g/mol. The summed E-state index contributed by atoms with van der Waals surface area (Å²) in [6, 6.07) is 0. The van der Waals surface area contributed by atoms with Crippen LogP contribution in [0.25, 0.3) is 0 Å². The van der Waals surface area contributed by atoms with Crippen molar-refractivity contribution in [2.75, 3.05) is 6.54 Å². The van der Waals surface area contributed by atoms with Gasteiger partial charge >= 0.3 is 0 Å². The average Bonchev–Trinajstić information content (AvgIpc) is 1.82. The molecule has 10 heavy (non-hydrogen) atoms. The quantitative estimate of drug-likeness (QED) is 0.688. The van der Waals surface area contributed by atoms with E-state index in [4.69, 9.17) is 34.8 Å². The maximum Gasteiger partial charge on any atom is 0.276 e. The van der Waals surface area contributed by atoms with Gasteiger partial charge in [0.15, 0.2) is 0 Å². The topological polar surface area (TPSA) is 29.1 Å². The Morgan fingerprint density at radius 1 is 1.40 bits per heavy atom. The largest absolute Gasteiger partial charge is 0.342 e. The zero-order valence-corrected chi connectivity index (χ0v) is 7.86. The first-order valence-electron chi connectivity index (χ1n) is 2.20. The number of thiol groups is 1. The van der Waals surface area contributed by atoms with Crippen LogP contribution in [-0.2, 0) is 0 Å². The monoisotopic (exact) mass is 219 g/mol. The van der Waals surface area contributed by atoms with Gasteiger partial charge in [-0.05, 0) is 0 Å². The molecule has 58 valence electrons. The van der Waals surface area contributed by atoms with Crippen molar-refractivity contribution in [3.63, 3.8) is 0 Å². The Labute approximate surface area is 78.9 Å². The predicted molar refractivity (Wildman–Crippen MR) is 47.0 cm³/mol. The van der Waals surface area contributed by atoms with Crippen molar-refractivity contribution < 1.29 is 4.79 Å². The molecule has 0 aromatic carbocycles. The maximum absolute atomic E-state index is 10.2. The van der Waals surface area contributed by atoms with E-state index in [2.05, 4.69) is 17.9 Å². The van der Waals surface area contributed by atoms with E-state index in [1.54, 1.807) is 0 Å². The Hall–Kier alpha value is 0.430. The maximum atomic E-state index is 10.2. The van der Waals surface area contributed by atoms with Gasteiger partial charge in [0.1, 0.15) is 4.49 Å². The minimum atomic E-state index is -0.479. The molecule has 0 atom stereocenters. The first-order chi connectivity index (χ1) is 4.54. The van der Waals surface area contributed by atoms with Crippen LogP contribution < -0.4 is 5.32 Å². The van der Waals surface area contributed by atoms with E-state index >= 15 is 0 Å². The summed E-state index contributed by atoms with van der Waals surface area (Å²) in [7, 11) is 0. The molecule has 0 rings (SSSR count). The smallest absolute Gasteiger partial charge is 0.276 e. The van der Waals surface area contributed by atoms with Crippen LogP contribution in [0.15, 0.2) is 9.52 Å². The third-order valence-corrected chi connectivity index (χ3v) is 1.73. The molecule has 0 fully saturated rings. The molecule has 0 spiro atoms. The molecule has 0 heterocycles. The fraction of sp³-hybridized carbons (Fsp3) is 0.250. The molecule has 2 nitrogen and oxygen atoms in total. The van der Waals surface area contributed by atoms with Gasteiger partial charge < -0.3 is 5.32 Å². The lowest BCUT2D eigenvalue weighted by atomic mass is 10.6. The molecule has 6 heteroatoms. The van der Waals surface area contributed by atoms with Crippen molar-refractivity contribution >= 4 is 52.7 Å². The predicted octanol–water partition coefficient (Wildman–Crippen LogP) is 2.51. The highest BCUT2D eigenvalue weighted by molar-refractivity contribution is 7.96. The van der Waals surface area contributed by atoms with E-state index in [-0.39, 0.29) is 16.1 Å². The molecule has 0 saturated carbocycles. The Morgan fingerprint density at radius 2 is 1.90 bits per heavy atom. The van der Waals surface area contributed by atoms with Gasteiger partial charge in [-0.1, -0.05) is 47.4 Å². The number of hydrogen-bond acceptors (Lipinski definition) is 1. The number of amides is 1. The Kier molecular flexibility index (Phi) is 5.35. The number of hydrogen-bond donors (Lipinski definition) is 2. The minimum Gasteiger partial charge on any atom is -0.342 e. The summed E-state index contributed by atoms with van der Waals surface area (Å²) < 4.78 is -0.0521. The number of nitrogens with one attached hydrogen (secondary N) is 1. The van der Waals surface area contributed by atoms with Gasteiger partial charge in [-0.25, -0.2) is 0 Å². The second kappa shape index (κ2) is 5.13. The lowest BCUT2D eigenvalue weighted by Crippen LogP contribution is -2.17. The Bertz CT molecular complexity index is 166. The number of carbonyl (C=O) groups is 1. The van der Waals surface area contributed by atoms with Crippen molar-refractivity contribution in [3.8, 4) is 0 Å². The number of halogens is 3. The molecule has 0 saturated heterocycles. The zero-order chi connectivity index (χ0) is 8.15. The van der Waals surface area contributed by atoms with Gasteiger partial charge in [-0.2, -0.15) is 0 Å². The van der Waals surface area contributed by atoms with Crippen LogP contribution in [0, 0.1) is 0 Å². The average molecular weight is 221 g/mol. The van der Waals surface area contributed by atoms with E-state index in [1.807, 2.05) is 0 Å². The Morgan fingerprint density at radius 3 is 2.20 bits per heavy atom. The molecule has 0 aliphatic rings. The normalized spacial score (nSPS) is 8.80. The number of carbonyl (C=O) groups excluding carboxylic acids is 1. The molecule has 0 aliphatic heterocycles. The van der Waals surface area contributed by atoms with Crippen molar-refractivity contribution in [1.82, 2.24) is 5.32 Å². The lowest BCUT2D eigenvalue weighted by molar-refractivity contribution is 0.262. The van der Waals surface area contributed by atoms with E-state index in [1.165, 1.54) is 0 Å². The first-order valence-corrected chi connectivity index (χ1v) is 3.78. The molecule has 1 amide bonds. The van der Waals surface area contributed by atoms with Crippen molar-refractivity contribution in [2.24, 2.45) is 0 Å². The standard InChI is InChI=1S/C4H4Cl3NOS/c5-2(3(6)7)1-8-4(9)10/h1H2,(H2,8,9,10). The molecule has 0 aromatic heterocycles. The van der Waals surface area contributed by atoms with Gasteiger partial charge in [0, 0.05) is 0 Å². The molecule has 1 N–H and O–H groups in total. The second-order valence-electron chi connectivity index (χ2n) is 1.32. The third kappa shape index (κ3) is 5.23. The molecule has 0 radical (unpaired) electrons. The molecule has 0 bridgehead atoms. The highest BCUT2D eigenvalue weighted by Crippen LogP contribution is 2.16. The highest BCUT2D eigenvalue weighted by Gasteiger charge is 1.98. The molecule has 0 aromatic rings. The molecule has 0 aliphatic carbocycles. The third-order valence-electron chi connectivity index (χ3n) is 0.600. The number of rotatable bonds is 2. The first kappa shape index (κ1) is 10.4. The van der Waals surface area contributed by atoms with Gasteiger partial charge in [0.05, 0.1) is 11.6 Å². The van der Waals surface area contributed by atoms with Crippen LogP contribution in [0.4, 0.5) is 4.79 Å². The van der Waals surface area contributed by atoms with Crippen LogP contribution in [0.1, 0.15) is 0 Å². The van der Waals surface area contributed by atoms with E-state index in [0.29, 0.717) is 0 Å². The summed E-state index contributed by atoms with van der Waals surface area (Å²) in [6.07, 6.45) is 0. The van der Waals surface area contributed by atoms with E-state index < -0.39 is 5.24 Å². The molecular formula is C4H4Cl3NOS. The van der Waals surface area contributed by atoms with Gasteiger partial charge in [0.25, 0.3) is 5.24 Å². The highest BCUT2D eigenvalue weighted by atomic mass is 35.5. The second-order valence-corrected chi connectivity index (χ2v) is 3.14. The van der Waals surface area contributed by atoms with Crippen molar-refractivity contribution in [1.29, 1.82) is 0 Å². The van der Waals surface area contributed by atoms with E-state index in [9.17, 15) is 4.79 Å². The molecule has 0 unspecified atom stereocenters. The summed E-state index contributed by atoms with van der Waals surface area (Å²) in [5, 5.41) is 2.00. The van der Waals surface area contributed by atoms with Gasteiger partial charge in [-0.15, -0.1) is 0 Å². The summed E-state index contributed by atoms with van der Waals surface area (Å²) in [4.78, 5) is 10.2. The summed E-state index contributed by atoms with van der Waals surface area (Å²) in [5.74, 6) is 0. The van der Waals surface area contributed by atoms with Crippen LogP contribution >= 0.6 is 47.4 Å². The van der Waals surface area contributed by atoms with Crippen LogP contribution in [-0.4, -0.2) is 11.8 Å². The van der Waals surface area contributed by atoms with Gasteiger partial charge in [0.2, 0.25) is 0 Å². The van der Waals surface area contributed by atoms with Crippen molar-refractivity contribution in [3.05, 3.63) is 9.52 Å². The van der Waals surface area contributed by atoms with Crippen LogP contribution in [0.5, 0.6) is 0 Å². The van der Waals surface area contributed by atoms with Gasteiger partial charge in [-0.3, -0.25) is 4.79 Å². The Balaban J connectivity index is 3.71. The summed E-state index contributed by atoms with van der Waals surface area (Å²) in [5.41, 5.74) is 0. The van der Waals surface area contributed by atoms with Crippen LogP contribution in [0.2, 0.25) is 0 Å². The summed E-state index contributed by atoms with van der Waals surface area (Å²) >= 11 is 19.3. The fourth-order valence-electron chi connectivity index (χ4n) is 0.220. The SMILES string of the molecule is O=C(S)NCC(Cl)=C(Cl)Cl. The lowest BCUT2D eigenvalue weighted by Gasteiger charge is -1.97.